The predicted octanol–water partition coefficient (Wildman–Crippen LogP) is 5.15. The molecular formula is C20H16O2S. The zero-order valence-corrected chi connectivity index (χ0v) is 13.6. The molecule has 0 bridgehead atoms. The lowest BCUT2D eigenvalue weighted by Crippen LogP contribution is -2.06. The summed E-state index contributed by atoms with van der Waals surface area (Å²) in [5, 5.41) is 3.25. The van der Waals surface area contributed by atoms with Gasteiger partial charge in [0.1, 0.15) is 6.10 Å². The van der Waals surface area contributed by atoms with Gasteiger partial charge < -0.3 is 4.74 Å². The number of thiophene rings is 1. The van der Waals surface area contributed by atoms with Gasteiger partial charge in [-0.1, -0.05) is 54.6 Å². The summed E-state index contributed by atoms with van der Waals surface area (Å²) in [5.74, 6) is -0.419. The third kappa shape index (κ3) is 2.28. The number of carbonyl (C=O) groups is 1. The Kier molecular flexibility index (Phi) is 3.31. The first-order valence-corrected chi connectivity index (χ1v) is 8.45. The summed E-state index contributed by atoms with van der Waals surface area (Å²) in [7, 11) is 0. The number of benzene rings is 2. The van der Waals surface area contributed by atoms with Crippen molar-refractivity contribution in [3.63, 3.8) is 0 Å². The van der Waals surface area contributed by atoms with Gasteiger partial charge in [-0.3, -0.25) is 0 Å². The minimum atomic E-state index is -0.297. The van der Waals surface area contributed by atoms with Crippen molar-refractivity contribution in [1.82, 2.24) is 0 Å². The molecular weight excluding hydrogens is 304 g/mol. The molecule has 0 spiro atoms. The van der Waals surface area contributed by atoms with Gasteiger partial charge >= 0.3 is 5.97 Å². The van der Waals surface area contributed by atoms with Gasteiger partial charge in [0.2, 0.25) is 0 Å². The van der Waals surface area contributed by atoms with Crippen molar-refractivity contribution < 1.29 is 9.53 Å². The van der Waals surface area contributed by atoms with Gasteiger partial charge in [-0.05, 0) is 29.3 Å². The minimum Gasteiger partial charge on any atom is -0.453 e. The van der Waals surface area contributed by atoms with Crippen LogP contribution in [0.25, 0.3) is 10.1 Å². The van der Waals surface area contributed by atoms with Crippen molar-refractivity contribution in [2.45, 2.75) is 18.9 Å². The van der Waals surface area contributed by atoms with Gasteiger partial charge in [0, 0.05) is 15.8 Å². The molecule has 0 amide bonds. The number of hydrogen-bond donors (Lipinski definition) is 0. The van der Waals surface area contributed by atoms with Gasteiger partial charge in [0.15, 0.2) is 0 Å². The molecule has 1 saturated heterocycles. The molecule has 1 aliphatic rings. The third-order valence-electron chi connectivity index (χ3n) is 4.43. The van der Waals surface area contributed by atoms with Crippen LogP contribution in [-0.4, -0.2) is 5.97 Å². The molecule has 2 heterocycles. The van der Waals surface area contributed by atoms with Gasteiger partial charge in [-0.2, -0.15) is 0 Å². The highest BCUT2D eigenvalue weighted by atomic mass is 32.1. The normalized spacial score (nSPS) is 20.9. The van der Waals surface area contributed by atoms with Crippen molar-refractivity contribution >= 4 is 27.4 Å². The zero-order chi connectivity index (χ0) is 16.0. The number of hydrogen-bond acceptors (Lipinski definition) is 3. The second-order valence-corrected chi connectivity index (χ2v) is 6.84. The van der Waals surface area contributed by atoms with Gasteiger partial charge in [-0.15, -0.1) is 11.3 Å². The molecule has 1 aromatic heterocycles. The average Bonchev–Trinajstić information content (AvgIpc) is 3.10. The number of esters is 1. The second-order valence-electron chi connectivity index (χ2n) is 5.93. The quantitative estimate of drug-likeness (QED) is 0.482. The molecule has 1 fully saturated rings. The first kappa shape index (κ1) is 14.2. The van der Waals surface area contributed by atoms with Crippen LogP contribution in [0.5, 0.6) is 0 Å². The molecule has 0 saturated carbocycles. The Morgan fingerprint density at radius 3 is 2.61 bits per heavy atom. The molecule has 1 aliphatic heterocycles. The van der Waals surface area contributed by atoms with E-state index in [4.69, 9.17) is 4.74 Å². The van der Waals surface area contributed by atoms with Crippen molar-refractivity contribution in [3.8, 4) is 0 Å². The van der Waals surface area contributed by atoms with E-state index < -0.39 is 0 Å². The molecule has 4 rings (SSSR count). The molecule has 3 heteroatoms. The highest BCUT2D eigenvalue weighted by Crippen LogP contribution is 2.47. The first-order chi connectivity index (χ1) is 11.1. The minimum absolute atomic E-state index is 0.124. The van der Waals surface area contributed by atoms with E-state index in [0.29, 0.717) is 5.57 Å². The summed E-state index contributed by atoms with van der Waals surface area (Å²) in [4.78, 5) is 12.1. The molecule has 2 aromatic carbocycles. The Bertz CT molecular complexity index is 905. The fraction of sp³-hybridized carbons (Fsp3) is 0.150. The van der Waals surface area contributed by atoms with Gasteiger partial charge in [0.25, 0.3) is 0 Å². The van der Waals surface area contributed by atoms with E-state index in [-0.39, 0.29) is 18.0 Å². The predicted molar refractivity (Wildman–Crippen MR) is 93.7 cm³/mol. The summed E-state index contributed by atoms with van der Waals surface area (Å²) in [6, 6.07) is 16.5. The van der Waals surface area contributed by atoms with Crippen LogP contribution in [-0.2, 0) is 9.53 Å². The summed E-state index contributed by atoms with van der Waals surface area (Å²) < 4.78 is 6.90. The fourth-order valence-corrected chi connectivity index (χ4v) is 4.17. The maximum Gasteiger partial charge on any atom is 0.334 e. The van der Waals surface area contributed by atoms with Crippen molar-refractivity contribution in [2.75, 3.05) is 0 Å². The molecule has 23 heavy (non-hydrogen) atoms. The molecule has 3 aromatic rings. The number of cyclic esters (lactones) is 1. The van der Waals surface area contributed by atoms with Crippen molar-refractivity contribution in [1.29, 1.82) is 0 Å². The first-order valence-electron chi connectivity index (χ1n) is 7.57. The van der Waals surface area contributed by atoms with E-state index in [1.807, 2.05) is 12.1 Å². The maximum atomic E-state index is 12.1. The summed E-state index contributed by atoms with van der Waals surface area (Å²) in [5.41, 5.74) is 3.88. The Balaban J connectivity index is 1.84. The third-order valence-corrected chi connectivity index (χ3v) is 5.41. The lowest BCUT2D eigenvalue weighted by Gasteiger charge is -2.18. The Labute approximate surface area is 139 Å². The number of rotatable bonds is 2. The number of carbonyl (C=O) groups excluding carboxylic acids is 1. The maximum absolute atomic E-state index is 12.1. The molecule has 114 valence electrons. The van der Waals surface area contributed by atoms with E-state index in [9.17, 15) is 4.79 Å². The van der Waals surface area contributed by atoms with Crippen LogP contribution in [0.4, 0.5) is 0 Å². The highest BCUT2D eigenvalue weighted by Gasteiger charge is 2.41. The topological polar surface area (TPSA) is 26.3 Å². The molecule has 0 radical (unpaired) electrons. The van der Waals surface area contributed by atoms with Gasteiger partial charge in [0.05, 0.1) is 5.92 Å². The van der Waals surface area contributed by atoms with Crippen LogP contribution in [0, 0.1) is 6.92 Å². The molecule has 0 N–H and O–H groups in total. The summed E-state index contributed by atoms with van der Waals surface area (Å²) >= 11 is 1.68. The van der Waals surface area contributed by atoms with Crippen LogP contribution < -0.4 is 0 Å². The monoisotopic (exact) mass is 320 g/mol. The van der Waals surface area contributed by atoms with Crippen LogP contribution in [0.3, 0.4) is 0 Å². The van der Waals surface area contributed by atoms with Crippen LogP contribution in [0.15, 0.2) is 66.1 Å². The van der Waals surface area contributed by atoms with Crippen molar-refractivity contribution in [2.24, 2.45) is 0 Å². The van der Waals surface area contributed by atoms with Crippen molar-refractivity contribution in [3.05, 3.63) is 82.8 Å². The number of fused-ring (bicyclic) bond motifs is 1. The lowest BCUT2D eigenvalue weighted by molar-refractivity contribution is -0.139. The smallest absolute Gasteiger partial charge is 0.334 e. The number of aryl methyl sites for hydroxylation is 1. The Hall–Kier alpha value is -2.39. The van der Waals surface area contributed by atoms with E-state index in [1.54, 1.807) is 11.3 Å². The lowest BCUT2D eigenvalue weighted by atomic mass is 9.85. The summed E-state index contributed by atoms with van der Waals surface area (Å²) in [6.07, 6.45) is -0.297. The summed E-state index contributed by atoms with van der Waals surface area (Å²) in [6.45, 7) is 6.04. The standard InChI is InChI=1S/C20H16O2S/c1-12-7-9-14(10-8-12)18-13(2)20(21)22-19(18)16-11-23-17-6-4-3-5-15(16)17/h3-11,18-19H,2H2,1H3. The van der Waals surface area contributed by atoms with E-state index >= 15 is 0 Å². The Morgan fingerprint density at radius 2 is 1.83 bits per heavy atom. The largest absolute Gasteiger partial charge is 0.453 e. The van der Waals surface area contributed by atoms with Crippen LogP contribution in [0.1, 0.15) is 28.7 Å². The van der Waals surface area contributed by atoms with Crippen LogP contribution in [0.2, 0.25) is 0 Å². The average molecular weight is 320 g/mol. The molecule has 2 unspecified atom stereocenters. The number of ether oxygens (including phenoxy) is 1. The fourth-order valence-electron chi connectivity index (χ4n) is 3.18. The van der Waals surface area contributed by atoms with E-state index in [2.05, 4.69) is 55.3 Å². The molecule has 2 nitrogen and oxygen atoms in total. The molecule has 0 aliphatic carbocycles. The zero-order valence-electron chi connectivity index (χ0n) is 12.8. The van der Waals surface area contributed by atoms with E-state index in [1.165, 1.54) is 10.3 Å². The highest BCUT2D eigenvalue weighted by molar-refractivity contribution is 7.17. The Morgan fingerprint density at radius 1 is 1.09 bits per heavy atom. The van der Waals surface area contributed by atoms with Crippen LogP contribution >= 0.6 is 11.3 Å². The van der Waals surface area contributed by atoms with E-state index in [0.717, 1.165) is 16.5 Å². The second kappa shape index (κ2) is 5.36. The van der Waals surface area contributed by atoms with Gasteiger partial charge in [-0.25, -0.2) is 4.79 Å². The molecule has 2 atom stereocenters. The SMILES string of the molecule is C=C1C(=O)OC(c2csc3ccccc23)C1c1ccc(C)cc1.